The van der Waals surface area contributed by atoms with Crippen LogP contribution in [0.1, 0.15) is 11.3 Å². The summed E-state index contributed by atoms with van der Waals surface area (Å²) in [7, 11) is 0. The lowest BCUT2D eigenvalue weighted by Crippen LogP contribution is -2.35. The van der Waals surface area contributed by atoms with Gasteiger partial charge in [-0.3, -0.25) is 15.1 Å². The highest BCUT2D eigenvalue weighted by Gasteiger charge is 2.28. The Hall–Kier alpha value is -4.06. The van der Waals surface area contributed by atoms with Crippen LogP contribution in [-0.4, -0.2) is 22.2 Å². The van der Waals surface area contributed by atoms with E-state index >= 15 is 0 Å². The third kappa shape index (κ3) is 3.68. The number of para-hydroxylation sites is 1. The molecule has 0 saturated carbocycles. The van der Waals surface area contributed by atoms with Gasteiger partial charge in [0.15, 0.2) is 0 Å². The minimum atomic E-state index is -0.619. The van der Waals surface area contributed by atoms with Gasteiger partial charge in [-0.05, 0) is 41.5 Å². The molecule has 1 aliphatic rings. The molecule has 0 aliphatic carbocycles. The van der Waals surface area contributed by atoms with Crippen LogP contribution in [0.3, 0.4) is 0 Å². The molecule has 0 bridgehead atoms. The quantitative estimate of drug-likeness (QED) is 0.368. The number of hydrogen-bond acceptors (Lipinski definition) is 5. The number of nitro groups is 1. The first kappa shape index (κ1) is 18.3. The van der Waals surface area contributed by atoms with Gasteiger partial charge in [-0.2, -0.15) is 0 Å². The zero-order valence-corrected chi connectivity index (χ0v) is 15.4. The van der Waals surface area contributed by atoms with Gasteiger partial charge >= 0.3 is 0 Å². The third-order valence-electron chi connectivity index (χ3n) is 4.74. The molecule has 0 fully saturated rings. The number of nitrogens with zero attached hydrogens (tertiary/aromatic N) is 3. The fourth-order valence-electron chi connectivity index (χ4n) is 3.37. The van der Waals surface area contributed by atoms with E-state index in [2.05, 4.69) is 4.98 Å². The summed E-state index contributed by atoms with van der Waals surface area (Å²) in [5.41, 5.74) is 3.69. The molecule has 3 aromatic rings. The van der Waals surface area contributed by atoms with E-state index in [0.717, 1.165) is 23.2 Å². The number of benzene rings is 2. The Morgan fingerprint density at radius 2 is 1.79 bits per heavy atom. The van der Waals surface area contributed by atoms with Gasteiger partial charge in [0.25, 0.3) is 5.69 Å². The summed E-state index contributed by atoms with van der Waals surface area (Å²) in [5, 5.41) is 11.2. The van der Waals surface area contributed by atoms with Crippen LogP contribution in [-0.2, 0) is 4.79 Å². The van der Waals surface area contributed by atoms with Crippen LogP contribution >= 0.6 is 0 Å². The lowest BCUT2D eigenvalue weighted by Gasteiger charge is -2.33. The average molecular weight is 383 g/mol. The number of anilines is 1. The normalized spacial score (nSPS) is 16.0. The molecule has 0 radical (unpaired) electrons. The van der Waals surface area contributed by atoms with Crippen molar-refractivity contribution in [3.05, 3.63) is 113 Å². The molecule has 4 rings (SSSR count). The van der Waals surface area contributed by atoms with E-state index in [1.54, 1.807) is 18.3 Å². The number of aromatic nitrogens is 1. The van der Waals surface area contributed by atoms with Crippen LogP contribution < -0.4 is 4.90 Å². The lowest BCUT2D eigenvalue weighted by atomic mass is 9.91. The molecule has 0 spiro atoms. The minimum Gasteiger partial charge on any atom is -0.333 e. The van der Waals surface area contributed by atoms with Crippen molar-refractivity contribution in [2.24, 2.45) is 0 Å². The smallest absolute Gasteiger partial charge is 0.270 e. The average Bonchev–Trinajstić information content (AvgIpc) is 2.79. The summed E-state index contributed by atoms with van der Waals surface area (Å²) < 4.78 is 0. The predicted molar refractivity (Wildman–Crippen MR) is 112 cm³/mol. The van der Waals surface area contributed by atoms with Gasteiger partial charge in [-0.25, -0.2) is 0 Å². The molecule has 6 heteroatoms. The standard InChI is InChI=1S/C23H17N3O3/c27-16-23-21(17-7-6-10-20(13-17)26(28)29)14-18(22-11-4-5-12-24-22)15-25(23)19-8-2-1-3-9-19/h1-16,23H. The largest absolute Gasteiger partial charge is 0.333 e. The first-order valence-electron chi connectivity index (χ1n) is 9.06. The van der Waals surface area contributed by atoms with Crippen LogP contribution in [0.25, 0.3) is 11.1 Å². The van der Waals surface area contributed by atoms with Crippen molar-refractivity contribution in [1.82, 2.24) is 4.98 Å². The summed E-state index contributed by atoms with van der Waals surface area (Å²) >= 11 is 0. The van der Waals surface area contributed by atoms with Crippen molar-refractivity contribution < 1.29 is 9.72 Å². The number of allylic oxidation sites excluding steroid dienone is 2. The molecule has 1 atom stereocenters. The Morgan fingerprint density at radius 1 is 1.00 bits per heavy atom. The van der Waals surface area contributed by atoms with Crippen molar-refractivity contribution in [1.29, 1.82) is 0 Å². The summed E-state index contributed by atoms with van der Waals surface area (Å²) in [6.07, 6.45) is 6.32. The highest BCUT2D eigenvalue weighted by atomic mass is 16.6. The van der Waals surface area contributed by atoms with Crippen LogP contribution in [0.5, 0.6) is 0 Å². The number of carbonyl (C=O) groups is 1. The van der Waals surface area contributed by atoms with Crippen LogP contribution in [0.15, 0.2) is 91.3 Å². The summed E-state index contributed by atoms with van der Waals surface area (Å²) in [6.45, 7) is 0. The number of rotatable bonds is 5. The first-order chi connectivity index (χ1) is 14.2. The van der Waals surface area contributed by atoms with Gasteiger partial charge in [-0.15, -0.1) is 0 Å². The first-order valence-corrected chi connectivity index (χ1v) is 9.06. The molecule has 29 heavy (non-hydrogen) atoms. The Kier molecular flexibility index (Phi) is 4.99. The van der Waals surface area contributed by atoms with E-state index in [1.165, 1.54) is 12.1 Å². The topological polar surface area (TPSA) is 76.3 Å². The molecule has 1 unspecified atom stereocenters. The van der Waals surface area contributed by atoms with E-state index in [4.69, 9.17) is 0 Å². The molecule has 0 saturated heterocycles. The molecule has 142 valence electrons. The van der Waals surface area contributed by atoms with Gasteiger partial charge in [0.05, 0.1) is 10.6 Å². The van der Waals surface area contributed by atoms with Crippen molar-refractivity contribution >= 4 is 28.8 Å². The SMILES string of the molecule is O=CC1C(c2cccc([N+](=O)[O-])c2)=CC(c2ccccn2)=CN1c1ccccc1. The van der Waals surface area contributed by atoms with E-state index in [0.29, 0.717) is 11.1 Å². The number of non-ortho nitro benzene ring substituents is 1. The molecular formula is C23H17N3O3. The number of aldehydes is 1. The second-order valence-corrected chi connectivity index (χ2v) is 6.53. The predicted octanol–water partition coefficient (Wildman–Crippen LogP) is 4.50. The minimum absolute atomic E-state index is 0.0201. The number of hydrogen-bond donors (Lipinski definition) is 0. The summed E-state index contributed by atoms with van der Waals surface area (Å²) in [5.74, 6) is 0. The fraction of sp³-hybridized carbons (Fsp3) is 0.0435. The number of nitro benzene ring substituents is 1. The molecule has 2 heterocycles. The Morgan fingerprint density at radius 3 is 2.48 bits per heavy atom. The maximum atomic E-state index is 12.1. The van der Waals surface area contributed by atoms with Crippen molar-refractivity contribution in [3.8, 4) is 0 Å². The summed E-state index contributed by atoms with van der Waals surface area (Å²) in [6, 6.07) is 20.9. The monoisotopic (exact) mass is 383 g/mol. The van der Waals surface area contributed by atoms with Gasteiger partial charge in [0.1, 0.15) is 12.3 Å². The van der Waals surface area contributed by atoms with Gasteiger partial charge in [0.2, 0.25) is 0 Å². The van der Waals surface area contributed by atoms with E-state index in [1.807, 2.05) is 65.7 Å². The van der Waals surface area contributed by atoms with Crippen LogP contribution in [0.2, 0.25) is 0 Å². The zero-order valence-electron chi connectivity index (χ0n) is 15.4. The molecule has 0 amide bonds. The lowest BCUT2D eigenvalue weighted by molar-refractivity contribution is -0.384. The molecule has 2 aromatic carbocycles. The maximum Gasteiger partial charge on any atom is 0.270 e. The van der Waals surface area contributed by atoms with Gasteiger partial charge in [-0.1, -0.05) is 36.4 Å². The third-order valence-corrected chi connectivity index (χ3v) is 4.74. The number of carbonyl (C=O) groups excluding carboxylic acids is 1. The molecule has 1 aromatic heterocycles. The van der Waals surface area contributed by atoms with Gasteiger partial charge in [0, 0.05) is 35.8 Å². The van der Waals surface area contributed by atoms with E-state index in [9.17, 15) is 14.9 Å². The second-order valence-electron chi connectivity index (χ2n) is 6.53. The maximum absolute atomic E-state index is 12.1. The zero-order chi connectivity index (χ0) is 20.2. The fourth-order valence-corrected chi connectivity index (χ4v) is 3.37. The Labute approximate surface area is 167 Å². The van der Waals surface area contributed by atoms with Crippen LogP contribution in [0, 0.1) is 10.1 Å². The Balaban J connectivity index is 1.89. The van der Waals surface area contributed by atoms with E-state index < -0.39 is 11.0 Å². The highest BCUT2D eigenvalue weighted by molar-refractivity contribution is 5.98. The van der Waals surface area contributed by atoms with E-state index in [-0.39, 0.29) is 5.69 Å². The number of pyridine rings is 1. The van der Waals surface area contributed by atoms with Crippen molar-refractivity contribution in [2.75, 3.05) is 4.90 Å². The molecule has 0 N–H and O–H groups in total. The highest BCUT2D eigenvalue weighted by Crippen LogP contribution is 2.35. The Bertz CT molecular complexity index is 1110. The van der Waals surface area contributed by atoms with Gasteiger partial charge < -0.3 is 9.69 Å². The van der Waals surface area contributed by atoms with Crippen molar-refractivity contribution in [3.63, 3.8) is 0 Å². The molecule has 6 nitrogen and oxygen atoms in total. The second kappa shape index (κ2) is 7.90. The van der Waals surface area contributed by atoms with Crippen LogP contribution in [0.4, 0.5) is 11.4 Å². The molecular weight excluding hydrogens is 366 g/mol. The summed E-state index contributed by atoms with van der Waals surface area (Å²) in [4.78, 5) is 29.2. The van der Waals surface area contributed by atoms with Crippen molar-refractivity contribution in [2.45, 2.75) is 6.04 Å². The molecule has 1 aliphatic heterocycles.